The van der Waals surface area contributed by atoms with Crippen LogP contribution in [0.5, 0.6) is 0 Å². The summed E-state index contributed by atoms with van der Waals surface area (Å²) in [6, 6.07) is 11.5. The van der Waals surface area contributed by atoms with Gasteiger partial charge < -0.3 is 10.2 Å². The van der Waals surface area contributed by atoms with Crippen molar-refractivity contribution in [1.29, 1.82) is 0 Å². The summed E-state index contributed by atoms with van der Waals surface area (Å²) in [4.78, 5) is 23.8. The molecule has 3 rings (SSSR count). The third-order valence-corrected chi connectivity index (χ3v) is 3.71. The fraction of sp³-hybridized carbons (Fsp3) is 0.278. The number of hydrogen-bond acceptors (Lipinski definition) is 4. The Kier molecular flexibility index (Phi) is 4.21. The Labute approximate surface area is 135 Å². The molecule has 0 aliphatic carbocycles. The van der Waals surface area contributed by atoms with Crippen LogP contribution in [-0.4, -0.2) is 48.0 Å². The number of rotatable bonds is 4. The standard InChI is InChI=1S/C18H20N4O/c1-12-7-8-14-16(11-12)21-17-13(5-4-6-15(17)20-14)18(23)19-9-10-22(2)3/h4-8,11H,9-10H2,1-3H3,(H,19,23). The first kappa shape index (κ1) is 15.4. The molecule has 23 heavy (non-hydrogen) atoms. The first-order valence-corrected chi connectivity index (χ1v) is 7.64. The molecule has 1 amide bonds. The summed E-state index contributed by atoms with van der Waals surface area (Å²) in [6.45, 7) is 3.41. The molecule has 0 atom stereocenters. The third kappa shape index (κ3) is 3.29. The number of carbonyl (C=O) groups is 1. The summed E-state index contributed by atoms with van der Waals surface area (Å²) < 4.78 is 0. The van der Waals surface area contributed by atoms with Gasteiger partial charge >= 0.3 is 0 Å². The van der Waals surface area contributed by atoms with Crippen molar-refractivity contribution < 1.29 is 4.79 Å². The molecule has 5 heteroatoms. The maximum Gasteiger partial charge on any atom is 0.253 e. The molecule has 0 unspecified atom stereocenters. The monoisotopic (exact) mass is 308 g/mol. The number of carbonyl (C=O) groups excluding carboxylic acids is 1. The van der Waals surface area contributed by atoms with Gasteiger partial charge in [0.1, 0.15) is 5.52 Å². The molecule has 1 heterocycles. The average molecular weight is 308 g/mol. The Hall–Kier alpha value is -2.53. The van der Waals surface area contributed by atoms with E-state index in [-0.39, 0.29) is 5.91 Å². The maximum absolute atomic E-state index is 12.4. The molecule has 2 aromatic carbocycles. The van der Waals surface area contributed by atoms with E-state index in [1.807, 2.05) is 56.3 Å². The highest BCUT2D eigenvalue weighted by Crippen LogP contribution is 2.20. The molecular weight excluding hydrogens is 288 g/mol. The van der Waals surface area contributed by atoms with Crippen molar-refractivity contribution in [1.82, 2.24) is 20.2 Å². The molecule has 118 valence electrons. The number of para-hydroxylation sites is 1. The quantitative estimate of drug-likeness (QED) is 0.752. The van der Waals surface area contributed by atoms with Gasteiger partial charge in [0.2, 0.25) is 0 Å². The zero-order valence-corrected chi connectivity index (χ0v) is 13.6. The molecule has 0 spiro atoms. The van der Waals surface area contributed by atoms with Crippen molar-refractivity contribution in [3.05, 3.63) is 47.5 Å². The van der Waals surface area contributed by atoms with Crippen LogP contribution in [0.2, 0.25) is 0 Å². The second-order valence-corrected chi connectivity index (χ2v) is 5.95. The van der Waals surface area contributed by atoms with E-state index in [0.29, 0.717) is 17.6 Å². The number of fused-ring (bicyclic) bond motifs is 2. The normalized spacial score (nSPS) is 11.3. The van der Waals surface area contributed by atoms with E-state index >= 15 is 0 Å². The number of likely N-dealkylation sites (N-methyl/N-ethyl adjacent to an activating group) is 1. The Morgan fingerprint density at radius 3 is 2.70 bits per heavy atom. The third-order valence-electron chi connectivity index (χ3n) is 3.71. The Bertz CT molecular complexity index is 873. The van der Waals surface area contributed by atoms with Crippen LogP contribution < -0.4 is 5.32 Å². The van der Waals surface area contributed by atoms with Gasteiger partial charge in [-0.15, -0.1) is 0 Å². The first-order valence-electron chi connectivity index (χ1n) is 7.64. The van der Waals surface area contributed by atoms with E-state index in [2.05, 4.69) is 15.3 Å². The van der Waals surface area contributed by atoms with E-state index < -0.39 is 0 Å². The summed E-state index contributed by atoms with van der Waals surface area (Å²) in [6.07, 6.45) is 0. The molecule has 0 fully saturated rings. The van der Waals surface area contributed by atoms with Crippen LogP contribution in [-0.2, 0) is 0 Å². The largest absolute Gasteiger partial charge is 0.351 e. The molecule has 0 aliphatic rings. The van der Waals surface area contributed by atoms with Crippen LogP contribution in [0.4, 0.5) is 0 Å². The van der Waals surface area contributed by atoms with E-state index in [4.69, 9.17) is 0 Å². The number of benzene rings is 2. The number of hydrogen-bond donors (Lipinski definition) is 1. The highest BCUT2D eigenvalue weighted by atomic mass is 16.1. The van der Waals surface area contributed by atoms with Gasteiger partial charge in [-0.25, -0.2) is 9.97 Å². The molecule has 5 nitrogen and oxygen atoms in total. The van der Waals surface area contributed by atoms with Crippen LogP contribution in [0.1, 0.15) is 15.9 Å². The van der Waals surface area contributed by atoms with Crippen LogP contribution in [0.3, 0.4) is 0 Å². The fourth-order valence-electron chi connectivity index (χ4n) is 2.48. The molecule has 0 radical (unpaired) electrons. The van der Waals surface area contributed by atoms with Gasteiger partial charge in [0.25, 0.3) is 5.91 Å². The Morgan fingerprint density at radius 2 is 1.91 bits per heavy atom. The molecular formula is C18H20N4O. The van der Waals surface area contributed by atoms with Crippen molar-refractivity contribution in [2.75, 3.05) is 27.2 Å². The van der Waals surface area contributed by atoms with Gasteiger partial charge in [-0.3, -0.25) is 4.79 Å². The van der Waals surface area contributed by atoms with Gasteiger partial charge in [-0.2, -0.15) is 0 Å². The van der Waals surface area contributed by atoms with Gasteiger partial charge in [-0.1, -0.05) is 12.1 Å². The van der Waals surface area contributed by atoms with Crippen molar-refractivity contribution >= 4 is 28.0 Å². The Balaban J connectivity index is 2.01. The molecule has 0 aliphatic heterocycles. The Morgan fingerprint density at radius 1 is 1.09 bits per heavy atom. The van der Waals surface area contributed by atoms with Gasteiger partial charge in [0.05, 0.1) is 22.1 Å². The number of aromatic nitrogens is 2. The van der Waals surface area contributed by atoms with Crippen LogP contribution in [0.15, 0.2) is 36.4 Å². The van der Waals surface area contributed by atoms with Crippen molar-refractivity contribution in [3.8, 4) is 0 Å². The minimum Gasteiger partial charge on any atom is -0.351 e. The van der Waals surface area contributed by atoms with Crippen LogP contribution in [0, 0.1) is 6.92 Å². The summed E-state index contributed by atoms with van der Waals surface area (Å²) in [5.41, 5.74) is 4.73. The zero-order valence-electron chi connectivity index (χ0n) is 13.6. The van der Waals surface area contributed by atoms with Crippen LogP contribution in [0.25, 0.3) is 22.1 Å². The minimum absolute atomic E-state index is 0.112. The van der Waals surface area contributed by atoms with Gasteiger partial charge in [0.15, 0.2) is 0 Å². The lowest BCUT2D eigenvalue weighted by Crippen LogP contribution is -2.31. The number of amides is 1. The molecule has 0 saturated carbocycles. The van der Waals surface area contributed by atoms with Crippen LogP contribution >= 0.6 is 0 Å². The number of nitrogens with one attached hydrogen (secondary N) is 1. The fourth-order valence-corrected chi connectivity index (χ4v) is 2.48. The highest BCUT2D eigenvalue weighted by molar-refractivity contribution is 6.06. The maximum atomic E-state index is 12.4. The zero-order chi connectivity index (χ0) is 16.4. The van der Waals surface area contributed by atoms with Crippen molar-refractivity contribution in [2.24, 2.45) is 0 Å². The number of nitrogens with zero attached hydrogens (tertiary/aromatic N) is 3. The predicted octanol–water partition coefficient (Wildman–Crippen LogP) is 2.38. The second kappa shape index (κ2) is 6.30. The SMILES string of the molecule is Cc1ccc2nc3cccc(C(=O)NCCN(C)C)c3nc2c1. The summed E-state index contributed by atoms with van der Waals surface area (Å²) in [7, 11) is 3.95. The van der Waals surface area contributed by atoms with Crippen molar-refractivity contribution in [2.45, 2.75) is 6.92 Å². The summed E-state index contributed by atoms with van der Waals surface area (Å²) in [5, 5.41) is 2.93. The molecule has 3 aromatic rings. The van der Waals surface area contributed by atoms with E-state index in [0.717, 1.165) is 28.7 Å². The smallest absolute Gasteiger partial charge is 0.253 e. The van der Waals surface area contributed by atoms with Gasteiger partial charge in [-0.05, 0) is 50.8 Å². The first-order chi connectivity index (χ1) is 11.0. The highest BCUT2D eigenvalue weighted by Gasteiger charge is 2.12. The van der Waals surface area contributed by atoms with Crippen molar-refractivity contribution in [3.63, 3.8) is 0 Å². The minimum atomic E-state index is -0.112. The topological polar surface area (TPSA) is 58.1 Å². The van der Waals surface area contributed by atoms with E-state index in [1.54, 1.807) is 6.07 Å². The molecule has 1 N–H and O–H groups in total. The van der Waals surface area contributed by atoms with Gasteiger partial charge in [0, 0.05) is 13.1 Å². The number of aryl methyl sites for hydroxylation is 1. The van der Waals surface area contributed by atoms with E-state index in [9.17, 15) is 4.79 Å². The van der Waals surface area contributed by atoms with E-state index in [1.165, 1.54) is 0 Å². The molecule has 0 saturated heterocycles. The average Bonchev–Trinajstić information content (AvgIpc) is 2.51. The lowest BCUT2D eigenvalue weighted by molar-refractivity contribution is 0.0952. The lowest BCUT2D eigenvalue weighted by Gasteiger charge is -2.11. The summed E-state index contributed by atoms with van der Waals surface area (Å²) in [5.74, 6) is -0.112. The lowest BCUT2D eigenvalue weighted by atomic mass is 10.1. The molecule has 0 bridgehead atoms. The second-order valence-electron chi connectivity index (χ2n) is 5.95. The predicted molar refractivity (Wildman–Crippen MR) is 92.7 cm³/mol. The summed E-state index contributed by atoms with van der Waals surface area (Å²) >= 11 is 0. The molecule has 1 aromatic heterocycles.